The monoisotopic (exact) mass is 206 g/mol. The third-order valence-electron chi connectivity index (χ3n) is 2.67. The van der Waals surface area contributed by atoms with Crippen molar-refractivity contribution in [3.8, 4) is 0 Å². The lowest BCUT2D eigenvalue weighted by molar-refractivity contribution is 0.578. The van der Waals surface area contributed by atoms with E-state index in [4.69, 9.17) is 5.73 Å². The molecule has 2 nitrogen and oxygen atoms in total. The molecule has 1 aliphatic rings. The molecule has 0 spiro atoms. The van der Waals surface area contributed by atoms with Crippen LogP contribution in [0.1, 0.15) is 11.1 Å². The minimum Gasteiger partial charge on any atom is -0.386 e. The maximum atomic E-state index is 13.4. The molecular weight excluding hydrogens is 191 g/mol. The Hall–Kier alpha value is -1.51. The molecule has 1 aromatic rings. The molecule has 0 saturated carbocycles. The molecular formula is C12H15FN2. The zero-order chi connectivity index (χ0) is 10.8. The molecule has 0 aromatic heterocycles. The van der Waals surface area contributed by atoms with Crippen molar-refractivity contribution in [2.45, 2.75) is 13.3 Å². The highest BCUT2D eigenvalue weighted by Crippen LogP contribution is 2.18. The Kier molecular flexibility index (Phi) is 2.62. The fourth-order valence-electron chi connectivity index (χ4n) is 1.89. The van der Waals surface area contributed by atoms with Gasteiger partial charge in [-0.25, -0.2) is 4.39 Å². The lowest BCUT2D eigenvalue weighted by Crippen LogP contribution is -2.17. The van der Waals surface area contributed by atoms with Crippen LogP contribution in [0.3, 0.4) is 0 Å². The summed E-state index contributed by atoms with van der Waals surface area (Å²) in [5.74, 6) is 0.883. The average molecular weight is 206 g/mol. The zero-order valence-corrected chi connectivity index (χ0v) is 8.76. The van der Waals surface area contributed by atoms with Gasteiger partial charge < -0.3 is 11.1 Å². The summed E-state index contributed by atoms with van der Waals surface area (Å²) in [6, 6.07) is 5.22. The van der Waals surface area contributed by atoms with Crippen molar-refractivity contribution < 1.29 is 4.39 Å². The van der Waals surface area contributed by atoms with Crippen LogP contribution >= 0.6 is 0 Å². The van der Waals surface area contributed by atoms with E-state index in [1.807, 2.05) is 19.1 Å². The standard InChI is InChI=1S/C12H15FN2/c1-8-2-3-11(13)10(4-8)5-9-6-12(14)15-7-9/h2-4,6,9,15H,5,7,14H2,1H3. The molecule has 3 N–H and O–H groups in total. The minimum atomic E-state index is -0.125. The molecule has 1 atom stereocenters. The molecule has 0 saturated heterocycles. The van der Waals surface area contributed by atoms with E-state index in [2.05, 4.69) is 5.32 Å². The molecule has 15 heavy (non-hydrogen) atoms. The van der Waals surface area contributed by atoms with Crippen LogP contribution in [0.15, 0.2) is 30.1 Å². The summed E-state index contributed by atoms with van der Waals surface area (Å²) in [4.78, 5) is 0. The molecule has 3 heteroatoms. The van der Waals surface area contributed by atoms with Gasteiger partial charge in [0.1, 0.15) is 5.82 Å². The number of hydrogen-bond donors (Lipinski definition) is 2. The predicted molar refractivity (Wildman–Crippen MR) is 58.6 cm³/mol. The van der Waals surface area contributed by atoms with Crippen molar-refractivity contribution in [2.24, 2.45) is 11.7 Å². The third-order valence-corrected chi connectivity index (χ3v) is 2.67. The van der Waals surface area contributed by atoms with Crippen LogP contribution in [-0.2, 0) is 6.42 Å². The summed E-state index contributed by atoms with van der Waals surface area (Å²) in [5, 5.41) is 3.04. The first-order chi connectivity index (χ1) is 7.15. The molecule has 1 heterocycles. The third kappa shape index (κ3) is 2.29. The summed E-state index contributed by atoms with van der Waals surface area (Å²) in [6.07, 6.45) is 2.67. The van der Waals surface area contributed by atoms with Crippen LogP contribution in [0.25, 0.3) is 0 Å². The second-order valence-corrected chi connectivity index (χ2v) is 4.06. The minimum absolute atomic E-state index is 0.125. The van der Waals surface area contributed by atoms with Gasteiger partial charge in [0.2, 0.25) is 0 Å². The lowest BCUT2D eigenvalue weighted by atomic mass is 9.99. The molecule has 0 aliphatic carbocycles. The van der Waals surface area contributed by atoms with Gasteiger partial charge in [0.25, 0.3) is 0 Å². The molecule has 80 valence electrons. The van der Waals surface area contributed by atoms with Gasteiger partial charge in [0, 0.05) is 12.5 Å². The summed E-state index contributed by atoms with van der Waals surface area (Å²) in [5.41, 5.74) is 7.47. The number of rotatable bonds is 2. The van der Waals surface area contributed by atoms with E-state index in [1.54, 1.807) is 6.07 Å². The van der Waals surface area contributed by atoms with Crippen LogP contribution in [0.2, 0.25) is 0 Å². The largest absolute Gasteiger partial charge is 0.386 e. The molecule has 2 rings (SSSR count). The number of nitrogens with two attached hydrogens (primary N) is 1. The van der Waals surface area contributed by atoms with Gasteiger partial charge in [-0.15, -0.1) is 0 Å². The van der Waals surface area contributed by atoms with Crippen molar-refractivity contribution in [3.63, 3.8) is 0 Å². The lowest BCUT2D eigenvalue weighted by Gasteiger charge is -2.08. The van der Waals surface area contributed by atoms with Gasteiger partial charge in [0.05, 0.1) is 5.82 Å². The summed E-state index contributed by atoms with van der Waals surface area (Å²) in [6.45, 7) is 2.78. The highest BCUT2D eigenvalue weighted by atomic mass is 19.1. The molecule has 1 aliphatic heterocycles. The van der Waals surface area contributed by atoms with Crippen molar-refractivity contribution >= 4 is 0 Å². The van der Waals surface area contributed by atoms with Gasteiger partial charge in [-0.1, -0.05) is 17.7 Å². The number of nitrogens with one attached hydrogen (secondary N) is 1. The van der Waals surface area contributed by atoms with E-state index in [0.29, 0.717) is 18.2 Å². The highest BCUT2D eigenvalue weighted by Gasteiger charge is 2.15. The van der Waals surface area contributed by atoms with Crippen molar-refractivity contribution in [1.29, 1.82) is 0 Å². The Morgan fingerprint density at radius 2 is 2.33 bits per heavy atom. The van der Waals surface area contributed by atoms with Crippen LogP contribution in [0.5, 0.6) is 0 Å². The number of hydrogen-bond acceptors (Lipinski definition) is 2. The van der Waals surface area contributed by atoms with Crippen LogP contribution in [0.4, 0.5) is 4.39 Å². The van der Waals surface area contributed by atoms with E-state index in [1.165, 1.54) is 6.07 Å². The first-order valence-electron chi connectivity index (χ1n) is 5.11. The van der Waals surface area contributed by atoms with E-state index in [9.17, 15) is 4.39 Å². The van der Waals surface area contributed by atoms with Crippen LogP contribution in [0, 0.1) is 18.7 Å². The normalized spacial score (nSPS) is 19.9. The number of aryl methyl sites for hydroxylation is 1. The molecule has 0 bridgehead atoms. The zero-order valence-electron chi connectivity index (χ0n) is 8.76. The molecule has 1 aromatic carbocycles. The van der Waals surface area contributed by atoms with Gasteiger partial charge in [-0.2, -0.15) is 0 Å². The molecule has 0 amide bonds. The van der Waals surface area contributed by atoms with Gasteiger partial charge in [0.15, 0.2) is 0 Å². The average Bonchev–Trinajstić information content (AvgIpc) is 2.58. The second-order valence-electron chi connectivity index (χ2n) is 4.06. The van der Waals surface area contributed by atoms with Crippen molar-refractivity contribution in [1.82, 2.24) is 5.32 Å². The van der Waals surface area contributed by atoms with Crippen LogP contribution in [-0.4, -0.2) is 6.54 Å². The molecule has 0 radical (unpaired) electrons. The fraction of sp³-hybridized carbons (Fsp3) is 0.333. The summed E-state index contributed by atoms with van der Waals surface area (Å²) in [7, 11) is 0. The Balaban J connectivity index is 2.14. The topological polar surface area (TPSA) is 38.0 Å². The van der Waals surface area contributed by atoms with E-state index >= 15 is 0 Å². The quantitative estimate of drug-likeness (QED) is 0.773. The van der Waals surface area contributed by atoms with Gasteiger partial charge in [-0.3, -0.25) is 0 Å². The molecule has 1 unspecified atom stereocenters. The Morgan fingerprint density at radius 3 is 3.00 bits per heavy atom. The summed E-state index contributed by atoms with van der Waals surface area (Å²) < 4.78 is 13.4. The van der Waals surface area contributed by atoms with Crippen molar-refractivity contribution in [3.05, 3.63) is 47.0 Å². The Morgan fingerprint density at radius 1 is 1.53 bits per heavy atom. The van der Waals surface area contributed by atoms with Crippen LogP contribution < -0.4 is 11.1 Å². The Labute approximate surface area is 89.0 Å². The SMILES string of the molecule is Cc1ccc(F)c(CC2C=C(N)NC2)c1. The van der Waals surface area contributed by atoms with Crippen molar-refractivity contribution in [2.75, 3.05) is 6.54 Å². The first kappa shape index (κ1) is 10.0. The highest BCUT2D eigenvalue weighted by molar-refractivity contribution is 5.25. The second kappa shape index (κ2) is 3.93. The summed E-state index contributed by atoms with van der Waals surface area (Å²) >= 11 is 0. The first-order valence-corrected chi connectivity index (χ1v) is 5.11. The van der Waals surface area contributed by atoms with E-state index < -0.39 is 0 Å². The van der Waals surface area contributed by atoms with E-state index in [-0.39, 0.29) is 5.82 Å². The number of benzene rings is 1. The van der Waals surface area contributed by atoms with E-state index in [0.717, 1.165) is 17.7 Å². The van der Waals surface area contributed by atoms with Gasteiger partial charge >= 0.3 is 0 Å². The maximum absolute atomic E-state index is 13.4. The predicted octanol–water partition coefficient (Wildman–Crippen LogP) is 1.70. The smallest absolute Gasteiger partial charge is 0.126 e. The fourth-order valence-corrected chi connectivity index (χ4v) is 1.89. The van der Waals surface area contributed by atoms with Gasteiger partial charge in [-0.05, 0) is 31.1 Å². The number of halogens is 1. The maximum Gasteiger partial charge on any atom is 0.126 e. The molecule has 0 fully saturated rings. The Bertz CT molecular complexity index is 399.